The second-order valence-corrected chi connectivity index (χ2v) is 5.97. The van der Waals surface area contributed by atoms with Gasteiger partial charge in [0, 0.05) is 26.2 Å². The molecule has 1 aliphatic rings. The molecule has 3 nitrogen and oxygen atoms in total. The molecule has 2 aromatic rings. The molecule has 7 heteroatoms. The maximum absolute atomic E-state index is 12.3. The standard InChI is InChI=1S/C16H18F2N2OS.ClH/c17-16(18)21-14-3-1-12(2-4-14)15(13-5-10-22-11-13)20-8-6-19-7-9-20;/h1-5,10-11,15-16,19H,6-9H2;1H/t15-;/m1./s1. The maximum atomic E-state index is 12.3. The van der Waals surface area contributed by atoms with Crippen LogP contribution in [0.1, 0.15) is 17.2 Å². The van der Waals surface area contributed by atoms with Crippen LogP contribution in [0.2, 0.25) is 0 Å². The Morgan fingerprint density at radius 1 is 1.04 bits per heavy atom. The van der Waals surface area contributed by atoms with Crippen molar-refractivity contribution in [2.75, 3.05) is 26.2 Å². The van der Waals surface area contributed by atoms with E-state index in [1.54, 1.807) is 23.5 Å². The van der Waals surface area contributed by atoms with Gasteiger partial charge in [-0.15, -0.1) is 12.4 Å². The molecule has 0 unspecified atom stereocenters. The molecule has 1 N–H and O–H groups in total. The first-order valence-corrected chi connectivity index (χ1v) is 8.20. The number of ether oxygens (including phenoxy) is 1. The van der Waals surface area contributed by atoms with Crippen molar-refractivity contribution in [2.24, 2.45) is 0 Å². The van der Waals surface area contributed by atoms with Gasteiger partial charge in [-0.2, -0.15) is 20.1 Å². The van der Waals surface area contributed by atoms with Gasteiger partial charge in [0.2, 0.25) is 0 Å². The van der Waals surface area contributed by atoms with Crippen LogP contribution in [0.4, 0.5) is 8.78 Å². The van der Waals surface area contributed by atoms with Crippen LogP contribution in [0.25, 0.3) is 0 Å². The number of benzene rings is 1. The van der Waals surface area contributed by atoms with Crippen LogP contribution in [0.3, 0.4) is 0 Å². The zero-order valence-electron chi connectivity index (χ0n) is 12.5. The van der Waals surface area contributed by atoms with Crippen LogP contribution >= 0.6 is 23.7 Å². The van der Waals surface area contributed by atoms with Crippen molar-refractivity contribution >= 4 is 23.7 Å². The molecule has 1 aliphatic heterocycles. The predicted octanol–water partition coefficient (Wildman–Crippen LogP) is 3.77. The summed E-state index contributed by atoms with van der Waals surface area (Å²) in [5, 5.41) is 7.57. The van der Waals surface area contributed by atoms with E-state index in [1.807, 2.05) is 12.1 Å². The second kappa shape index (κ2) is 8.59. The Bertz CT molecular complexity index is 574. The van der Waals surface area contributed by atoms with Gasteiger partial charge in [0.05, 0.1) is 6.04 Å². The van der Waals surface area contributed by atoms with Crippen LogP contribution in [-0.4, -0.2) is 37.7 Å². The fraction of sp³-hybridized carbons (Fsp3) is 0.375. The van der Waals surface area contributed by atoms with Crippen LogP contribution in [0.5, 0.6) is 5.75 Å². The van der Waals surface area contributed by atoms with Gasteiger partial charge >= 0.3 is 6.61 Å². The first-order valence-electron chi connectivity index (χ1n) is 7.25. The van der Waals surface area contributed by atoms with E-state index in [-0.39, 0.29) is 24.2 Å². The monoisotopic (exact) mass is 360 g/mol. The van der Waals surface area contributed by atoms with E-state index >= 15 is 0 Å². The number of alkyl halides is 2. The quantitative estimate of drug-likeness (QED) is 0.878. The molecule has 1 fully saturated rings. The number of nitrogens with zero attached hydrogens (tertiary/aromatic N) is 1. The molecule has 0 bridgehead atoms. The molecule has 0 radical (unpaired) electrons. The molecule has 2 heterocycles. The molecule has 0 aliphatic carbocycles. The highest BCUT2D eigenvalue weighted by molar-refractivity contribution is 7.08. The molecule has 0 saturated carbocycles. The summed E-state index contributed by atoms with van der Waals surface area (Å²) >= 11 is 1.67. The summed E-state index contributed by atoms with van der Waals surface area (Å²) in [7, 11) is 0. The lowest BCUT2D eigenvalue weighted by atomic mass is 9.99. The highest BCUT2D eigenvalue weighted by Gasteiger charge is 2.24. The van der Waals surface area contributed by atoms with Gasteiger partial charge in [-0.1, -0.05) is 12.1 Å². The first-order chi connectivity index (χ1) is 10.7. The van der Waals surface area contributed by atoms with Crippen molar-refractivity contribution in [3.8, 4) is 5.75 Å². The number of rotatable bonds is 5. The summed E-state index contributed by atoms with van der Waals surface area (Å²) in [5.41, 5.74) is 2.34. The van der Waals surface area contributed by atoms with E-state index in [4.69, 9.17) is 0 Å². The van der Waals surface area contributed by atoms with Crippen LogP contribution in [0.15, 0.2) is 41.1 Å². The van der Waals surface area contributed by atoms with Gasteiger partial charge in [0.15, 0.2) is 0 Å². The third-order valence-corrected chi connectivity index (χ3v) is 4.50. The molecule has 1 atom stereocenters. The van der Waals surface area contributed by atoms with E-state index in [1.165, 1.54) is 5.56 Å². The zero-order valence-corrected chi connectivity index (χ0v) is 14.1. The minimum atomic E-state index is -2.79. The number of hydrogen-bond acceptors (Lipinski definition) is 4. The van der Waals surface area contributed by atoms with E-state index < -0.39 is 6.61 Å². The fourth-order valence-electron chi connectivity index (χ4n) is 2.82. The largest absolute Gasteiger partial charge is 0.435 e. The summed E-state index contributed by atoms with van der Waals surface area (Å²) in [5.74, 6) is 0.197. The SMILES string of the molecule is Cl.FC(F)Oc1ccc([C@H](c2ccsc2)N2CCNCC2)cc1. The Morgan fingerprint density at radius 2 is 1.74 bits per heavy atom. The third kappa shape index (κ3) is 4.64. The van der Waals surface area contributed by atoms with Crippen LogP contribution in [0, 0.1) is 0 Å². The van der Waals surface area contributed by atoms with E-state index in [2.05, 4.69) is 31.8 Å². The molecule has 126 valence electrons. The Morgan fingerprint density at radius 3 is 2.30 bits per heavy atom. The van der Waals surface area contributed by atoms with Crippen LogP contribution < -0.4 is 10.1 Å². The van der Waals surface area contributed by atoms with Crippen molar-refractivity contribution in [1.82, 2.24) is 10.2 Å². The summed E-state index contributed by atoms with van der Waals surface area (Å²) in [6.45, 7) is 1.08. The first kappa shape index (κ1) is 18.1. The molecule has 1 aromatic heterocycles. The van der Waals surface area contributed by atoms with E-state index in [0.717, 1.165) is 31.7 Å². The average molecular weight is 361 g/mol. The molecule has 3 rings (SSSR count). The van der Waals surface area contributed by atoms with Crippen molar-refractivity contribution < 1.29 is 13.5 Å². The maximum Gasteiger partial charge on any atom is 0.387 e. The van der Waals surface area contributed by atoms with Gasteiger partial charge in [0.1, 0.15) is 5.75 Å². The molecule has 1 aromatic carbocycles. The Labute approximate surface area is 144 Å². The Balaban J connectivity index is 0.00000192. The van der Waals surface area contributed by atoms with Crippen molar-refractivity contribution in [3.63, 3.8) is 0 Å². The molecule has 0 amide bonds. The number of hydrogen-bond donors (Lipinski definition) is 1. The minimum absolute atomic E-state index is 0. The number of piperazine rings is 1. The lowest BCUT2D eigenvalue weighted by Crippen LogP contribution is -2.45. The summed E-state index contributed by atoms with van der Waals surface area (Å²) in [6.07, 6.45) is 0. The summed E-state index contributed by atoms with van der Waals surface area (Å²) in [6, 6.07) is 9.27. The van der Waals surface area contributed by atoms with Gasteiger partial charge in [-0.25, -0.2) is 0 Å². The topological polar surface area (TPSA) is 24.5 Å². The fourth-order valence-corrected chi connectivity index (χ4v) is 3.50. The minimum Gasteiger partial charge on any atom is -0.435 e. The Hall–Kier alpha value is -1.21. The highest BCUT2D eigenvalue weighted by atomic mass is 35.5. The molecule has 0 spiro atoms. The Kier molecular flexibility index (Phi) is 6.77. The number of thiophene rings is 1. The average Bonchev–Trinajstić information content (AvgIpc) is 3.04. The molecular weight excluding hydrogens is 342 g/mol. The van der Waals surface area contributed by atoms with Crippen LogP contribution in [-0.2, 0) is 0 Å². The van der Waals surface area contributed by atoms with Gasteiger partial charge in [0.25, 0.3) is 0 Å². The van der Waals surface area contributed by atoms with Gasteiger partial charge < -0.3 is 10.1 Å². The van der Waals surface area contributed by atoms with E-state index in [9.17, 15) is 8.78 Å². The third-order valence-electron chi connectivity index (χ3n) is 3.80. The van der Waals surface area contributed by atoms with Gasteiger partial charge in [-0.3, -0.25) is 4.90 Å². The normalized spacial score (nSPS) is 16.8. The van der Waals surface area contributed by atoms with Gasteiger partial charge in [-0.05, 0) is 40.1 Å². The van der Waals surface area contributed by atoms with Crippen molar-refractivity contribution in [2.45, 2.75) is 12.7 Å². The second-order valence-electron chi connectivity index (χ2n) is 5.19. The smallest absolute Gasteiger partial charge is 0.387 e. The lowest BCUT2D eigenvalue weighted by Gasteiger charge is -2.35. The zero-order chi connectivity index (χ0) is 15.4. The molecular formula is C16H19ClF2N2OS. The van der Waals surface area contributed by atoms with E-state index in [0.29, 0.717) is 0 Å². The highest BCUT2D eigenvalue weighted by Crippen LogP contribution is 2.31. The molecule has 1 saturated heterocycles. The molecule has 23 heavy (non-hydrogen) atoms. The predicted molar refractivity (Wildman–Crippen MR) is 90.9 cm³/mol. The summed E-state index contributed by atoms with van der Waals surface area (Å²) < 4.78 is 28.9. The number of halogens is 3. The summed E-state index contributed by atoms with van der Waals surface area (Å²) in [4.78, 5) is 2.42. The number of nitrogens with one attached hydrogen (secondary N) is 1. The lowest BCUT2D eigenvalue weighted by molar-refractivity contribution is -0.0498. The van der Waals surface area contributed by atoms with Crippen molar-refractivity contribution in [3.05, 3.63) is 52.2 Å². The van der Waals surface area contributed by atoms with Crippen molar-refractivity contribution in [1.29, 1.82) is 0 Å².